The fourth-order valence-electron chi connectivity index (χ4n) is 4.98. The van der Waals surface area contributed by atoms with Crippen LogP contribution in [0.4, 0.5) is 0 Å². The SMILES string of the molecule is CCOC(=O)c1c(C)[nH]c(C(=O)OCC(=O)N[C@H](C)[C@H]2C[C@H]3CC[C@H]2C3)c1C. The van der Waals surface area contributed by atoms with Crippen molar-refractivity contribution in [1.82, 2.24) is 10.3 Å². The van der Waals surface area contributed by atoms with Gasteiger partial charge in [0.05, 0.1) is 12.2 Å². The van der Waals surface area contributed by atoms with Gasteiger partial charge in [-0.25, -0.2) is 9.59 Å². The second kappa shape index (κ2) is 8.37. The predicted octanol–water partition coefficient (Wildman–Crippen LogP) is 2.91. The highest BCUT2D eigenvalue weighted by atomic mass is 16.5. The first-order valence-corrected chi connectivity index (χ1v) is 10.1. The average Bonchev–Trinajstić information content (AvgIpc) is 3.34. The summed E-state index contributed by atoms with van der Waals surface area (Å²) in [5, 5.41) is 2.98. The van der Waals surface area contributed by atoms with Gasteiger partial charge in [-0.15, -0.1) is 0 Å². The van der Waals surface area contributed by atoms with Crippen LogP contribution in [-0.2, 0) is 14.3 Å². The Morgan fingerprint density at radius 1 is 1.14 bits per heavy atom. The number of hydrogen-bond donors (Lipinski definition) is 2. The van der Waals surface area contributed by atoms with Crippen molar-refractivity contribution < 1.29 is 23.9 Å². The Labute approximate surface area is 165 Å². The molecule has 0 spiro atoms. The van der Waals surface area contributed by atoms with Crippen molar-refractivity contribution in [3.8, 4) is 0 Å². The Hall–Kier alpha value is -2.31. The van der Waals surface area contributed by atoms with E-state index in [-0.39, 0.29) is 30.9 Å². The number of aryl methyl sites for hydroxylation is 1. The lowest BCUT2D eigenvalue weighted by Gasteiger charge is -2.28. The van der Waals surface area contributed by atoms with Gasteiger partial charge in [-0.05, 0) is 70.3 Å². The molecule has 1 aromatic heterocycles. The Morgan fingerprint density at radius 2 is 1.89 bits per heavy atom. The first kappa shape index (κ1) is 20.4. The molecule has 1 aromatic rings. The number of amides is 1. The molecule has 1 amide bonds. The molecular weight excluding hydrogens is 360 g/mol. The Morgan fingerprint density at radius 3 is 2.50 bits per heavy atom. The fourth-order valence-corrected chi connectivity index (χ4v) is 4.98. The summed E-state index contributed by atoms with van der Waals surface area (Å²) in [6.07, 6.45) is 5.05. The van der Waals surface area contributed by atoms with Gasteiger partial charge in [-0.2, -0.15) is 0 Å². The number of aromatic nitrogens is 1. The summed E-state index contributed by atoms with van der Waals surface area (Å²) >= 11 is 0. The highest BCUT2D eigenvalue weighted by molar-refractivity contribution is 5.99. The van der Waals surface area contributed by atoms with Crippen molar-refractivity contribution in [3.05, 3.63) is 22.5 Å². The zero-order valence-corrected chi connectivity index (χ0v) is 17.1. The van der Waals surface area contributed by atoms with Gasteiger partial charge in [0.2, 0.25) is 0 Å². The number of esters is 2. The van der Waals surface area contributed by atoms with E-state index in [1.165, 1.54) is 25.7 Å². The number of nitrogens with one attached hydrogen (secondary N) is 2. The molecule has 7 nitrogen and oxygen atoms in total. The van der Waals surface area contributed by atoms with Crippen LogP contribution in [0.25, 0.3) is 0 Å². The van der Waals surface area contributed by atoms with Gasteiger partial charge in [0.1, 0.15) is 5.69 Å². The third kappa shape index (κ3) is 4.08. The zero-order valence-electron chi connectivity index (χ0n) is 17.1. The van der Waals surface area contributed by atoms with E-state index < -0.39 is 11.9 Å². The van der Waals surface area contributed by atoms with E-state index in [1.54, 1.807) is 20.8 Å². The standard InChI is InChI=1S/C21H30N2O5/c1-5-27-20(25)18-11(2)19(23-13(18)4)21(26)28-10-17(24)22-12(3)16-9-14-6-7-15(16)8-14/h12,14-16,23H,5-10H2,1-4H3,(H,22,24)/t12-,14+,15+,16-/m1/s1. The minimum atomic E-state index is -0.654. The highest BCUT2D eigenvalue weighted by Gasteiger charge is 2.42. The maximum Gasteiger partial charge on any atom is 0.355 e. The summed E-state index contributed by atoms with van der Waals surface area (Å²) < 4.78 is 10.2. The van der Waals surface area contributed by atoms with Crippen molar-refractivity contribution in [3.63, 3.8) is 0 Å². The first-order chi connectivity index (χ1) is 13.3. The highest BCUT2D eigenvalue weighted by Crippen LogP contribution is 2.49. The van der Waals surface area contributed by atoms with E-state index in [9.17, 15) is 14.4 Å². The van der Waals surface area contributed by atoms with Crippen molar-refractivity contribution in [2.75, 3.05) is 13.2 Å². The molecule has 4 atom stereocenters. The van der Waals surface area contributed by atoms with Crippen LogP contribution < -0.4 is 5.32 Å². The average molecular weight is 390 g/mol. The molecular formula is C21H30N2O5. The summed E-state index contributed by atoms with van der Waals surface area (Å²) in [6.45, 7) is 7.03. The third-order valence-corrected chi connectivity index (χ3v) is 6.28. The monoisotopic (exact) mass is 390 g/mol. The fraction of sp³-hybridized carbons (Fsp3) is 0.667. The van der Waals surface area contributed by atoms with Gasteiger partial charge in [-0.1, -0.05) is 6.42 Å². The summed E-state index contributed by atoms with van der Waals surface area (Å²) in [6, 6.07) is 0.0892. The minimum Gasteiger partial charge on any atom is -0.462 e. The van der Waals surface area contributed by atoms with Crippen LogP contribution in [0.3, 0.4) is 0 Å². The van der Waals surface area contributed by atoms with Crippen molar-refractivity contribution in [2.45, 2.75) is 59.4 Å². The van der Waals surface area contributed by atoms with Crippen molar-refractivity contribution in [2.24, 2.45) is 17.8 Å². The molecule has 0 aromatic carbocycles. The molecule has 2 bridgehead atoms. The molecule has 3 rings (SSSR count). The topological polar surface area (TPSA) is 97.5 Å². The van der Waals surface area contributed by atoms with E-state index in [0.717, 1.165) is 5.92 Å². The Bertz CT molecular complexity index is 769. The lowest BCUT2D eigenvalue weighted by atomic mass is 9.84. The van der Waals surface area contributed by atoms with Gasteiger partial charge in [0, 0.05) is 11.7 Å². The summed E-state index contributed by atoms with van der Waals surface area (Å²) in [5.41, 5.74) is 1.52. The third-order valence-electron chi connectivity index (χ3n) is 6.28. The molecule has 2 aliphatic carbocycles. The molecule has 0 saturated heterocycles. The molecule has 0 unspecified atom stereocenters. The summed E-state index contributed by atoms with van der Waals surface area (Å²) in [4.78, 5) is 39.5. The van der Waals surface area contributed by atoms with Gasteiger partial charge in [-0.3, -0.25) is 4.79 Å². The van der Waals surface area contributed by atoms with Crippen LogP contribution in [0, 0.1) is 31.6 Å². The zero-order chi connectivity index (χ0) is 20.4. The molecule has 2 saturated carbocycles. The number of fused-ring (bicyclic) bond motifs is 2. The Balaban J connectivity index is 1.53. The van der Waals surface area contributed by atoms with Crippen LogP contribution in [0.15, 0.2) is 0 Å². The van der Waals surface area contributed by atoms with Gasteiger partial charge < -0.3 is 19.8 Å². The number of aromatic amines is 1. The lowest BCUT2D eigenvalue weighted by molar-refractivity contribution is -0.125. The van der Waals surface area contributed by atoms with Gasteiger partial charge in [0.15, 0.2) is 6.61 Å². The molecule has 1 heterocycles. The van der Waals surface area contributed by atoms with Crippen LogP contribution in [0.1, 0.15) is 71.6 Å². The maximum atomic E-state index is 12.4. The molecule has 0 aliphatic heterocycles. The minimum absolute atomic E-state index is 0.0892. The molecule has 2 fully saturated rings. The number of ether oxygens (including phenoxy) is 2. The molecule has 28 heavy (non-hydrogen) atoms. The lowest BCUT2D eigenvalue weighted by Crippen LogP contribution is -2.42. The maximum absolute atomic E-state index is 12.4. The molecule has 2 N–H and O–H groups in total. The van der Waals surface area contributed by atoms with E-state index in [4.69, 9.17) is 9.47 Å². The first-order valence-electron chi connectivity index (χ1n) is 10.1. The quantitative estimate of drug-likeness (QED) is 0.698. The molecule has 0 radical (unpaired) electrons. The van der Waals surface area contributed by atoms with Crippen LogP contribution in [0.2, 0.25) is 0 Å². The largest absolute Gasteiger partial charge is 0.462 e. The second-order valence-corrected chi connectivity index (χ2v) is 8.12. The van der Waals surface area contributed by atoms with E-state index >= 15 is 0 Å². The van der Waals surface area contributed by atoms with E-state index in [1.807, 2.05) is 6.92 Å². The van der Waals surface area contributed by atoms with Gasteiger partial charge >= 0.3 is 11.9 Å². The molecule has 7 heteroatoms. The van der Waals surface area contributed by atoms with E-state index in [0.29, 0.717) is 28.7 Å². The van der Waals surface area contributed by atoms with Crippen molar-refractivity contribution in [1.29, 1.82) is 0 Å². The smallest absolute Gasteiger partial charge is 0.355 e. The van der Waals surface area contributed by atoms with Crippen LogP contribution in [-0.4, -0.2) is 42.1 Å². The number of carbonyl (C=O) groups excluding carboxylic acids is 3. The van der Waals surface area contributed by atoms with Gasteiger partial charge in [0.25, 0.3) is 5.91 Å². The number of H-pyrrole nitrogens is 1. The summed E-state index contributed by atoms with van der Waals surface area (Å²) in [5.74, 6) is 0.631. The van der Waals surface area contributed by atoms with E-state index in [2.05, 4.69) is 10.3 Å². The van der Waals surface area contributed by atoms with Crippen molar-refractivity contribution >= 4 is 17.8 Å². The number of carbonyl (C=O) groups is 3. The second-order valence-electron chi connectivity index (χ2n) is 8.12. The summed E-state index contributed by atoms with van der Waals surface area (Å²) in [7, 11) is 0. The predicted molar refractivity (Wildman–Crippen MR) is 103 cm³/mol. The van der Waals surface area contributed by atoms with Crippen LogP contribution >= 0.6 is 0 Å². The Kier molecular flexibility index (Phi) is 6.10. The number of rotatable bonds is 7. The molecule has 2 aliphatic rings. The number of hydrogen-bond acceptors (Lipinski definition) is 5. The normalized spacial score (nSPS) is 24.1. The molecule has 154 valence electrons. The van der Waals surface area contributed by atoms with Crippen LogP contribution in [0.5, 0.6) is 0 Å².